The van der Waals surface area contributed by atoms with Gasteiger partial charge in [0.2, 0.25) is 0 Å². The molecule has 0 amide bonds. The number of rotatable bonds is 7. The van der Waals surface area contributed by atoms with E-state index in [0.29, 0.717) is 21.8 Å². The lowest BCUT2D eigenvalue weighted by Crippen LogP contribution is -2.13. The quantitative estimate of drug-likeness (QED) is 0.304. The number of benzene rings is 3. The molecular formula is C21H20ClN2O8PS. The van der Waals surface area contributed by atoms with Gasteiger partial charge in [0.15, 0.2) is 0 Å². The van der Waals surface area contributed by atoms with Gasteiger partial charge in [0.05, 0.1) is 35.3 Å². The van der Waals surface area contributed by atoms with Crippen LogP contribution in [0.2, 0.25) is 5.02 Å². The maximum absolute atomic E-state index is 13.2. The number of aryl methyl sites for hydroxylation is 1. The van der Waals surface area contributed by atoms with Crippen molar-refractivity contribution in [3.05, 3.63) is 53.6 Å². The van der Waals surface area contributed by atoms with Gasteiger partial charge < -0.3 is 18.6 Å². The van der Waals surface area contributed by atoms with Crippen LogP contribution in [0.4, 0.5) is 5.69 Å². The van der Waals surface area contributed by atoms with Crippen molar-refractivity contribution in [2.75, 3.05) is 18.9 Å². The molecule has 0 aliphatic rings. The van der Waals surface area contributed by atoms with E-state index in [0.717, 1.165) is 0 Å². The molecule has 4 aromatic rings. The Morgan fingerprint density at radius 3 is 2.29 bits per heavy atom. The number of halogens is 1. The fraction of sp³-hybridized carbons (Fsp3) is 0.143. The Morgan fingerprint density at radius 2 is 1.65 bits per heavy atom. The molecule has 3 aromatic carbocycles. The molecule has 0 spiro atoms. The van der Waals surface area contributed by atoms with E-state index >= 15 is 0 Å². The van der Waals surface area contributed by atoms with Crippen LogP contribution in [-0.2, 0) is 21.6 Å². The van der Waals surface area contributed by atoms with Crippen LogP contribution in [0.15, 0.2) is 53.4 Å². The molecule has 4 rings (SSSR count). The number of hydrogen-bond acceptors (Lipinski definition) is 6. The molecular weight excluding hydrogens is 507 g/mol. The summed E-state index contributed by atoms with van der Waals surface area (Å²) in [6, 6.07) is 12.0. The zero-order chi connectivity index (χ0) is 24.8. The molecule has 0 aliphatic carbocycles. The van der Waals surface area contributed by atoms with Gasteiger partial charge in [-0.1, -0.05) is 11.6 Å². The van der Waals surface area contributed by atoms with Crippen LogP contribution in [0.1, 0.15) is 0 Å². The Bertz CT molecular complexity index is 1580. The summed E-state index contributed by atoms with van der Waals surface area (Å²) in [7, 11) is -4.19. The van der Waals surface area contributed by atoms with E-state index in [4.69, 9.17) is 30.9 Å². The van der Waals surface area contributed by atoms with Gasteiger partial charge in [0.25, 0.3) is 10.0 Å². The molecule has 34 heavy (non-hydrogen) atoms. The number of methoxy groups -OCH3 is 2. The highest BCUT2D eigenvalue weighted by atomic mass is 35.5. The van der Waals surface area contributed by atoms with Crippen molar-refractivity contribution in [2.45, 2.75) is 4.90 Å². The van der Waals surface area contributed by atoms with E-state index < -0.39 is 17.8 Å². The first-order valence-electron chi connectivity index (χ1n) is 9.65. The maximum atomic E-state index is 13.2. The summed E-state index contributed by atoms with van der Waals surface area (Å²) in [5, 5.41) is 1.57. The van der Waals surface area contributed by atoms with Crippen molar-refractivity contribution >= 4 is 56.9 Å². The normalized spacial score (nSPS) is 12.2. The maximum Gasteiger partial charge on any atom is 0.524 e. The Balaban J connectivity index is 1.79. The number of aromatic nitrogens is 1. The van der Waals surface area contributed by atoms with Crippen molar-refractivity contribution < 1.29 is 36.8 Å². The van der Waals surface area contributed by atoms with Crippen LogP contribution in [-0.4, -0.2) is 37.0 Å². The van der Waals surface area contributed by atoms with Crippen LogP contribution in [0.5, 0.6) is 17.2 Å². The van der Waals surface area contributed by atoms with Gasteiger partial charge in [0, 0.05) is 41.5 Å². The van der Waals surface area contributed by atoms with E-state index in [2.05, 4.69) is 9.25 Å². The number of phosphoric ester groups is 1. The van der Waals surface area contributed by atoms with Gasteiger partial charge in [-0.2, -0.15) is 0 Å². The van der Waals surface area contributed by atoms with E-state index in [1.165, 1.54) is 50.6 Å². The predicted octanol–water partition coefficient (Wildman–Crippen LogP) is 4.27. The van der Waals surface area contributed by atoms with Crippen molar-refractivity contribution in [1.82, 2.24) is 4.57 Å². The first-order chi connectivity index (χ1) is 15.9. The highest BCUT2D eigenvalue weighted by Crippen LogP contribution is 2.40. The van der Waals surface area contributed by atoms with Gasteiger partial charge >= 0.3 is 7.82 Å². The molecule has 10 nitrogen and oxygen atoms in total. The standard InChI is InChI=1S/C21H20ClN2O8PS/c1-24-18-7-5-13(9-15(18)14-6-4-12(8-19(14)24)32-33(25,26)27)34(28,29)23-17-11-20(30-2)16(22)10-21(17)31-3/h4-11,23H,1-3H3,(H2,25,26,27). The minimum atomic E-state index is -4.72. The summed E-state index contributed by atoms with van der Waals surface area (Å²) < 4.78 is 56.9. The second-order valence-corrected chi connectivity index (χ2v) is 10.5. The van der Waals surface area contributed by atoms with Gasteiger partial charge in [-0.25, -0.2) is 13.0 Å². The predicted molar refractivity (Wildman–Crippen MR) is 128 cm³/mol. The second-order valence-electron chi connectivity index (χ2n) is 7.29. The Kier molecular flexibility index (Phi) is 6.17. The smallest absolute Gasteiger partial charge is 0.495 e. The van der Waals surface area contributed by atoms with Crippen molar-refractivity contribution in [2.24, 2.45) is 7.05 Å². The number of phosphoric acid groups is 1. The van der Waals surface area contributed by atoms with Crippen molar-refractivity contribution in [1.29, 1.82) is 0 Å². The zero-order valence-electron chi connectivity index (χ0n) is 18.1. The number of ether oxygens (including phenoxy) is 2. The van der Waals surface area contributed by atoms with Crippen LogP contribution in [0, 0.1) is 0 Å². The van der Waals surface area contributed by atoms with Gasteiger partial charge in [-0.15, -0.1) is 0 Å². The third-order valence-corrected chi connectivity index (χ3v) is 7.31. The number of anilines is 1. The molecule has 0 fully saturated rings. The minimum Gasteiger partial charge on any atom is -0.495 e. The highest BCUT2D eigenvalue weighted by Gasteiger charge is 2.21. The van der Waals surface area contributed by atoms with E-state index in [9.17, 15) is 13.0 Å². The van der Waals surface area contributed by atoms with E-state index in [-0.39, 0.29) is 32.9 Å². The van der Waals surface area contributed by atoms with Crippen LogP contribution < -0.4 is 18.7 Å². The second kappa shape index (κ2) is 8.68. The average molecular weight is 527 g/mol. The van der Waals surface area contributed by atoms with Gasteiger partial charge in [-0.3, -0.25) is 14.5 Å². The van der Waals surface area contributed by atoms with E-state index in [1.807, 2.05) is 0 Å². The van der Waals surface area contributed by atoms with Gasteiger partial charge in [0.1, 0.15) is 17.2 Å². The zero-order valence-corrected chi connectivity index (χ0v) is 20.6. The van der Waals surface area contributed by atoms with Crippen molar-refractivity contribution in [3.8, 4) is 17.2 Å². The molecule has 0 unspecified atom stereocenters. The highest BCUT2D eigenvalue weighted by molar-refractivity contribution is 7.92. The first kappa shape index (κ1) is 24.2. The third kappa shape index (κ3) is 4.53. The average Bonchev–Trinajstić information content (AvgIpc) is 3.04. The lowest BCUT2D eigenvalue weighted by atomic mass is 10.1. The molecule has 0 saturated heterocycles. The van der Waals surface area contributed by atoms with Crippen LogP contribution in [0.25, 0.3) is 21.8 Å². The number of nitrogens with zero attached hydrogens (tertiary/aromatic N) is 1. The molecule has 0 bridgehead atoms. The Hall–Kier alpha value is -2.95. The number of sulfonamides is 1. The SMILES string of the molecule is COc1cc(NS(=O)(=O)c2ccc3c(c2)c2ccc(OP(=O)(O)O)cc2n3C)c(OC)cc1Cl. The topological polar surface area (TPSA) is 136 Å². The third-order valence-electron chi connectivity index (χ3n) is 5.20. The van der Waals surface area contributed by atoms with Gasteiger partial charge in [-0.05, 0) is 30.3 Å². The van der Waals surface area contributed by atoms with Crippen molar-refractivity contribution in [3.63, 3.8) is 0 Å². The number of fused-ring (bicyclic) bond motifs is 3. The fourth-order valence-electron chi connectivity index (χ4n) is 3.67. The summed E-state index contributed by atoms with van der Waals surface area (Å²) >= 11 is 6.10. The minimum absolute atomic E-state index is 0.000913. The summed E-state index contributed by atoms with van der Waals surface area (Å²) in [6.07, 6.45) is 0. The molecule has 0 radical (unpaired) electrons. The lowest BCUT2D eigenvalue weighted by molar-refractivity contribution is 0.283. The Morgan fingerprint density at radius 1 is 0.941 bits per heavy atom. The van der Waals surface area contributed by atoms with Crippen LogP contribution in [0.3, 0.4) is 0 Å². The monoisotopic (exact) mass is 526 g/mol. The molecule has 1 aromatic heterocycles. The Labute approximate surface area is 199 Å². The molecule has 0 atom stereocenters. The summed E-state index contributed by atoms with van der Waals surface area (Å²) in [4.78, 5) is 18.1. The van der Waals surface area contributed by atoms with Crippen LogP contribution >= 0.6 is 19.4 Å². The fourth-order valence-corrected chi connectivity index (χ4v) is 5.38. The summed E-state index contributed by atoms with van der Waals surface area (Å²) in [6.45, 7) is 0. The molecule has 3 N–H and O–H groups in total. The molecule has 0 aliphatic heterocycles. The lowest BCUT2D eigenvalue weighted by Gasteiger charge is -2.14. The first-order valence-corrected chi connectivity index (χ1v) is 13.0. The number of hydrogen-bond donors (Lipinski definition) is 3. The summed E-state index contributed by atoms with van der Waals surface area (Å²) in [5.74, 6) is 0.487. The largest absolute Gasteiger partial charge is 0.524 e. The number of nitrogens with one attached hydrogen (secondary N) is 1. The molecule has 1 heterocycles. The molecule has 0 saturated carbocycles. The molecule has 13 heteroatoms. The summed E-state index contributed by atoms with van der Waals surface area (Å²) in [5.41, 5.74) is 1.47. The molecule has 180 valence electrons. The van der Waals surface area contributed by atoms with E-state index in [1.54, 1.807) is 23.7 Å².